The molecule has 2 rings (SSSR count). The van der Waals surface area contributed by atoms with Crippen molar-refractivity contribution in [2.75, 3.05) is 38.7 Å². The second kappa shape index (κ2) is 10.7. The number of likely N-dealkylation sites (N-methyl/N-ethyl adjacent to an activating group) is 1. The van der Waals surface area contributed by atoms with Crippen molar-refractivity contribution >= 4 is 11.6 Å². The van der Waals surface area contributed by atoms with Gasteiger partial charge in [-0.3, -0.25) is 4.79 Å². The highest BCUT2D eigenvalue weighted by atomic mass is 16.5. The van der Waals surface area contributed by atoms with E-state index in [9.17, 15) is 4.79 Å². The number of carbonyl (C=O) groups is 1. The number of hydrogen-bond donors (Lipinski definition) is 2. The fourth-order valence-electron chi connectivity index (χ4n) is 2.84. The molecule has 0 aliphatic rings. The summed E-state index contributed by atoms with van der Waals surface area (Å²) >= 11 is 0. The zero-order valence-corrected chi connectivity index (χ0v) is 17.2. The first-order valence-electron chi connectivity index (χ1n) is 9.64. The van der Waals surface area contributed by atoms with Crippen LogP contribution in [0.4, 0.5) is 5.69 Å². The summed E-state index contributed by atoms with van der Waals surface area (Å²) in [7, 11) is 1.60. The molecule has 1 unspecified atom stereocenters. The van der Waals surface area contributed by atoms with E-state index in [2.05, 4.69) is 24.1 Å². The van der Waals surface area contributed by atoms with Crippen molar-refractivity contribution < 1.29 is 14.3 Å². The van der Waals surface area contributed by atoms with Gasteiger partial charge in [-0.05, 0) is 37.7 Å². The van der Waals surface area contributed by atoms with Crippen molar-refractivity contribution in [3.05, 3.63) is 53.6 Å². The van der Waals surface area contributed by atoms with Gasteiger partial charge in [0, 0.05) is 18.3 Å². The van der Waals surface area contributed by atoms with Crippen molar-refractivity contribution in [2.24, 2.45) is 5.73 Å². The van der Waals surface area contributed by atoms with Gasteiger partial charge in [0.1, 0.15) is 12.6 Å². The van der Waals surface area contributed by atoms with Crippen molar-refractivity contribution in [3.8, 4) is 11.5 Å². The van der Waals surface area contributed by atoms with E-state index in [-0.39, 0.29) is 5.91 Å². The zero-order valence-electron chi connectivity index (χ0n) is 17.2. The molecule has 0 bridgehead atoms. The number of amides is 1. The third-order valence-electron chi connectivity index (χ3n) is 4.71. The van der Waals surface area contributed by atoms with Crippen LogP contribution in [0.15, 0.2) is 42.5 Å². The Balaban J connectivity index is 2.04. The summed E-state index contributed by atoms with van der Waals surface area (Å²) in [5.74, 6) is 0.944. The van der Waals surface area contributed by atoms with E-state index >= 15 is 0 Å². The number of ether oxygens (including phenoxy) is 2. The Morgan fingerprint density at radius 2 is 1.79 bits per heavy atom. The summed E-state index contributed by atoms with van der Waals surface area (Å²) in [4.78, 5) is 14.8. The highest BCUT2D eigenvalue weighted by Gasteiger charge is 2.17. The molecule has 2 aromatic carbocycles. The number of aryl methyl sites for hydroxylation is 1. The molecule has 6 heteroatoms. The van der Waals surface area contributed by atoms with Crippen LogP contribution in [-0.2, 0) is 4.79 Å². The van der Waals surface area contributed by atoms with Crippen LogP contribution < -0.4 is 20.5 Å². The summed E-state index contributed by atoms with van der Waals surface area (Å²) < 4.78 is 11.3. The number of methoxy groups -OCH3 is 1. The zero-order chi connectivity index (χ0) is 20.5. The molecule has 1 atom stereocenters. The van der Waals surface area contributed by atoms with E-state index in [1.54, 1.807) is 25.3 Å². The van der Waals surface area contributed by atoms with Crippen LogP contribution in [0.5, 0.6) is 11.5 Å². The Morgan fingerprint density at radius 3 is 2.39 bits per heavy atom. The van der Waals surface area contributed by atoms with Crippen LogP contribution in [-0.4, -0.2) is 44.2 Å². The van der Waals surface area contributed by atoms with Crippen molar-refractivity contribution in [2.45, 2.75) is 26.8 Å². The average Bonchev–Trinajstić information content (AvgIpc) is 2.71. The monoisotopic (exact) mass is 385 g/mol. The highest BCUT2D eigenvalue weighted by molar-refractivity contribution is 5.95. The van der Waals surface area contributed by atoms with Crippen LogP contribution in [0.1, 0.15) is 31.0 Å². The Bertz CT molecular complexity index is 758. The lowest BCUT2D eigenvalue weighted by atomic mass is 10.1. The number of rotatable bonds is 10. The van der Waals surface area contributed by atoms with Crippen LogP contribution in [0.25, 0.3) is 0 Å². The maximum absolute atomic E-state index is 12.5. The molecule has 28 heavy (non-hydrogen) atoms. The minimum absolute atomic E-state index is 0.275. The summed E-state index contributed by atoms with van der Waals surface area (Å²) in [6, 6.07) is 12.2. The van der Waals surface area contributed by atoms with Crippen LogP contribution in [0, 0.1) is 6.92 Å². The van der Waals surface area contributed by atoms with E-state index in [0.717, 1.165) is 30.8 Å². The van der Waals surface area contributed by atoms with Gasteiger partial charge in [0.2, 0.25) is 5.91 Å². The number of nitrogens with two attached hydrogens (primary N) is 1. The molecule has 0 fully saturated rings. The van der Waals surface area contributed by atoms with Gasteiger partial charge in [-0.15, -0.1) is 0 Å². The number of carbonyl (C=O) groups excluding carboxylic acids is 1. The molecule has 152 valence electrons. The summed E-state index contributed by atoms with van der Waals surface area (Å²) in [5, 5.41) is 2.86. The SMILES string of the molecule is CCN(CC)CCOc1cc(NC(=O)C(N)c2ccc(C)cc2)ccc1OC. The van der Waals surface area contributed by atoms with Gasteiger partial charge < -0.3 is 25.4 Å². The molecule has 1 amide bonds. The first-order chi connectivity index (χ1) is 13.5. The van der Waals surface area contributed by atoms with Crippen LogP contribution in [0.3, 0.4) is 0 Å². The minimum atomic E-state index is -0.741. The number of nitrogens with one attached hydrogen (secondary N) is 1. The number of anilines is 1. The topological polar surface area (TPSA) is 76.8 Å². The predicted molar refractivity (Wildman–Crippen MR) is 113 cm³/mol. The first-order valence-corrected chi connectivity index (χ1v) is 9.64. The maximum Gasteiger partial charge on any atom is 0.245 e. The van der Waals surface area contributed by atoms with E-state index in [4.69, 9.17) is 15.2 Å². The molecular formula is C22H31N3O3. The third kappa shape index (κ3) is 5.97. The molecule has 0 saturated carbocycles. The molecule has 0 spiro atoms. The summed E-state index contributed by atoms with van der Waals surface area (Å²) in [6.45, 7) is 9.56. The van der Waals surface area contributed by atoms with Crippen LogP contribution >= 0.6 is 0 Å². The standard InChI is InChI=1S/C22H31N3O3/c1-5-25(6-2)13-14-28-20-15-18(11-12-19(20)27-4)24-22(26)21(23)17-9-7-16(3)8-10-17/h7-12,15,21H,5-6,13-14,23H2,1-4H3,(H,24,26). The van der Waals surface area contributed by atoms with Gasteiger partial charge >= 0.3 is 0 Å². The number of nitrogens with zero attached hydrogens (tertiary/aromatic N) is 1. The second-order valence-corrected chi connectivity index (χ2v) is 6.62. The lowest BCUT2D eigenvalue weighted by molar-refractivity contribution is -0.117. The Kier molecular flexibility index (Phi) is 8.29. The van der Waals surface area contributed by atoms with Gasteiger partial charge in [-0.2, -0.15) is 0 Å². The quantitative estimate of drug-likeness (QED) is 0.656. The Labute approximate surface area is 167 Å². The summed E-state index contributed by atoms with van der Waals surface area (Å²) in [5.41, 5.74) is 8.61. The minimum Gasteiger partial charge on any atom is -0.493 e. The average molecular weight is 386 g/mol. The number of benzene rings is 2. The molecule has 3 N–H and O–H groups in total. The third-order valence-corrected chi connectivity index (χ3v) is 4.71. The maximum atomic E-state index is 12.5. The number of hydrogen-bond acceptors (Lipinski definition) is 5. The van der Waals surface area contributed by atoms with E-state index < -0.39 is 6.04 Å². The first kappa shape index (κ1) is 21.7. The van der Waals surface area contributed by atoms with Gasteiger partial charge in [0.05, 0.1) is 7.11 Å². The molecule has 6 nitrogen and oxygen atoms in total. The Hall–Kier alpha value is -2.57. The lowest BCUT2D eigenvalue weighted by Crippen LogP contribution is -2.28. The van der Waals surface area contributed by atoms with E-state index in [1.165, 1.54) is 0 Å². The normalized spacial score (nSPS) is 11.9. The van der Waals surface area contributed by atoms with Gasteiger partial charge in [-0.1, -0.05) is 43.7 Å². The molecular weight excluding hydrogens is 354 g/mol. The van der Waals surface area contributed by atoms with Crippen molar-refractivity contribution in [3.63, 3.8) is 0 Å². The van der Waals surface area contributed by atoms with Crippen molar-refractivity contribution in [1.29, 1.82) is 0 Å². The highest BCUT2D eigenvalue weighted by Crippen LogP contribution is 2.30. The van der Waals surface area contributed by atoms with Crippen LogP contribution in [0.2, 0.25) is 0 Å². The predicted octanol–water partition coefficient (Wildman–Crippen LogP) is 3.36. The largest absolute Gasteiger partial charge is 0.493 e. The van der Waals surface area contributed by atoms with Crippen molar-refractivity contribution in [1.82, 2.24) is 4.90 Å². The molecule has 0 aliphatic heterocycles. The van der Waals surface area contributed by atoms with E-state index in [1.807, 2.05) is 31.2 Å². The smallest absolute Gasteiger partial charge is 0.245 e. The molecule has 0 aliphatic carbocycles. The fourth-order valence-corrected chi connectivity index (χ4v) is 2.84. The fraction of sp³-hybridized carbons (Fsp3) is 0.409. The molecule has 0 saturated heterocycles. The Morgan fingerprint density at radius 1 is 1.11 bits per heavy atom. The van der Waals surface area contributed by atoms with E-state index in [0.29, 0.717) is 23.8 Å². The second-order valence-electron chi connectivity index (χ2n) is 6.62. The van der Waals surface area contributed by atoms with Gasteiger partial charge in [0.15, 0.2) is 11.5 Å². The molecule has 0 radical (unpaired) electrons. The van der Waals surface area contributed by atoms with Gasteiger partial charge in [0.25, 0.3) is 0 Å². The molecule has 0 heterocycles. The lowest BCUT2D eigenvalue weighted by Gasteiger charge is -2.19. The molecule has 0 aromatic heterocycles. The summed E-state index contributed by atoms with van der Waals surface area (Å²) in [6.07, 6.45) is 0. The van der Waals surface area contributed by atoms with Gasteiger partial charge in [-0.25, -0.2) is 0 Å². The molecule has 2 aromatic rings.